The molecule has 0 radical (unpaired) electrons. The van der Waals surface area contributed by atoms with Gasteiger partial charge in [-0.3, -0.25) is 5.10 Å². The minimum absolute atomic E-state index is 0.289. The number of nitrogens with one attached hydrogen (secondary N) is 1. The Morgan fingerprint density at radius 1 is 1.44 bits per heavy atom. The van der Waals surface area contributed by atoms with Crippen molar-refractivity contribution in [3.8, 4) is 11.3 Å². The molecule has 1 aromatic carbocycles. The van der Waals surface area contributed by atoms with Gasteiger partial charge in [-0.1, -0.05) is 0 Å². The average molecular weight is 221 g/mol. The number of ether oxygens (including phenoxy) is 1. The molecular formula is C11H12FN3O. The summed E-state index contributed by atoms with van der Waals surface area (Å²) in [6.07, 6.45) is 0. The number of hydrogen-bond acceptors (Lipinski definition) is 3. The Balaban J connectivity index is 2.47. The average Bonchev–Trinajstić information content (AvgIpc) is 2.65. The van der Waals surface area contributed by atoms with Gasteiger partial charge in [-0.05, 0) is 23.8 Å². The number of benzene rings is 1. The lowest BCUT2D eigenvalue weighted by molar-refractivity contribution is 0.185. The van der Waals surface area contributed by atoms with E-state index < -0.39 is 0 Å². The lowest BCUT2D eigenvalue weighted by atomic mass is 10.1. The number of nitrogen functional groups attached to an aromatic ring is 1. The van der Waals surface area contributed by atoms with Crippen LogP contribution in [0.3, 0.4) is 0 Å². The highest BCUT2D eigenvalue weighted by Crippen LogP contribution is 2.24. The monoisotopic (exact) mass is 221 g/mol. The van der Waals surface area contributed by atoms with Crippen molar-refractivity contribution in [3.63, 3.8) is 0 Å². The second-order valence-electron chi connectivity index (χ2n) is 3.44. The molecule has 0 amide bonds. The van der Waals surface area contributed by atoms with Crippen molar-refractivity contribution in [2.24, 2.45) is 0 Å². The highest BCUT2D eigenvalue weighted by Gasteiger charge is 2.08. The van der Waals surface area contributed by atoms with Crippen LogP contribution in [0.4, 0.5) is 10.2 Å². The summed E-state index contributed by atoms with van der Waals surface area (Å²) in [4.78, 5) is 0. The molecule has 3 N–H and O–H groups in total. The molecular weight excluding hydrogens is 209 g/mol. The van der Waals surface area contributed by atoms with Crippen molar-refractivity contribution in [2.75, 3.05) is 12.8 Å². The van der Waals surface area contributed by atoms with E-state index in [0.29, 0.717) is 12.4 Å². The number of nitrogens with two attached hydrogens (primary N) is 1. The van der Waals surface area contributed by atoms with E-state index in [0.717, 1.165) is 16.8 Å². The van der Waals surface area contributed by atoms with Gasteiger partial charge in [-0.2, -0.15) is 5.10 Å². The Hall–Kier alpha value is -1.88. The summed E-state index contributed by atoms with van der Waals surface area (Å²) < 4.78 is 18.1. The second-order valence-corrected chi connectivity index (χ2v) is 3.44. The minimum atomic E-state index is -0.289. The van der Waals surface area contributed by atoms with Crippen molar-refractivity contribution < 1.29 is 9.13 Å². The summed E-state index contributed by atoms with van der Waals surface area (Å²) in [6, 6.07) is 6.21. The van der Waals surface area contributed by atoms with Crippen LogP contribution in [-0.2, 0) is 11.3 Å². The molecule has 4 nitrogen and oxygen atoms in total. The molecule has 0 saturated heterocycles. The lowest BCUT2D eigenvalue weighted by Crippen LogP contribution is -1.93. The van der Waals surface area contributed by atoms with Gasteiger partial charge in [0.2, 0.25) is 0 Å². The van der Waals surface area contributed by atoms with Gasteiger partial charge in [0.25, 0.3) is 0 Å². The van der Waals surface area contributed by atoms with Crippen LogP contribution in [0.1, 0.15) is 5.56 Å². The maximum atomic E-state index is 13.1. The molecule has 1 heterocycles. The lowest BCUT2D eigenvalue weighted by Gasteiger charge is -2.06. The van der Waals surface area contributed by atoms with Crippen LogP contribution in [-0.4, -0.2) is 17.3 Å². The largest absolute Gasteiger partial charge is 0.382 e. The molecule has 16 heavy (non-hydrogen) atoms. The van der Waals surface area contributed by atoms with Gasteiger partial charge in [-0.15, -0.1) is 0 Å². The third kappa shape index (κ3) is 2.04. The highest BCUT2D eigenvalue weighted by molar-refractivity contribution is 5.65. The first-order valence-corrected chi connectivity index (χ1v) is 4.79. The summed E-state index contributed by atoms with van der Waals surface area (Å²) in [5, 5.41) is 6.62. The molecule has 2 aromatic rings. The predicted molar refractivity (Wildman–Crippen MR) is 59.1 cm³/mol. The minimum Gasteiger partial charge on any atom is -0.382 e. The summed E-state index contributed by atoms with van der Waals surface area (Å²) in [5.74, 6) is 0.117. The summed E-state index contributed by atoms with van der Waals surface area (Å²) in [7, 11) is 1.57. The van der Waals surface area contributed by atoms with E-state index >= 15 is 0 Å². The first kappa shape index (κ1) is 10.6. The molecule has 5 heteroatoms. The summed E-state index contributed by atoms with van der Waals surface area (Å²) in [5.41, 5.74) is 7.87. The molecule has 0 atom stereocenters. The van der Waals surface area contributed by atoms with Crippen molar-refractivity contribution in [1.82, 2.24) is 10.2 Å². The number of H-pyrrole nitrogens is 1. The van der Waals surface area contributed by atoms with Gasteiger partial charge in [-0.25, -0.2) is 4.39 Å². The van der Waals surface area contributed by atoms with E-state index in [4.69, 9.17) is 10.5 Å². The van der Waals surface area contributed by atoms with Gasteiger partial charge >= 0.3 is 0 Å². The number of rotatable bonds is 3. The molecule has 0 aliphatic heterocycles. The van der Waals surface area contributed by atoms with Crippen LogP contribution in [0.25, 0.3) is 11.3 Å². The zero-order valence-electron chi connectivity index (χ0n) is 8.83. The van der Waals surface area contributed by atoms with Crippen LogP contribution in [0, 0.1) is 5.82 Å². The number of nitrogens with zero attached hydrogens (tertiary/aromatic N) is 1. The number of anilines is 1. The highest BCUT2D eigenvalue weighted by atomic mass is 19.1. The fraction of sp³-hybridized carbons (Fsp3) is 0.182. The zero-order valence-corrected chi connectivity index (χ0v) is 8.83. The van der Waals surface area contributed by atoms with Gasteiger partial charge in [0.15, 0.2) is 0 Å². The van der Waals surface area contributed by atoms with Gasteiger partial charge < -0.3 is 10.5 Å². The normalized spacial score (nSPS) is 10.6. The molecule has 0 saturated carbocycles. The Kier molecular flexibility index (Phi) is 2.87. The number of halogens is 1. The first-order valence-electron chi connectivity index (χ1n) is 4.79. The van der Waals surface area contributed by atoms with Gasteiger partial charge in [0.05, 0.1) is 12.3 Å². The number of aromatic nitrogens is 2. The Morgan fingerprint density at radius 2 is 2.25 bits per heavy atom. The van der Waals surface area contributed by atoms with E-state index in [1.54, 1.807) is 19.2 Å². The fourth-order valence-electron chi connectivity index (χ4n) is 1.58. The van der Waals surface area contributed by atoms with Crippen molar-refractivity contribution in [2.45, 2.75) is 6.61 Å². The molecule has 1 aromatic heterocycles. The van der Waals surface area contributed by atoms with Crippen molar-refractivity contribution in [1.29, 1.82) is 0 Å². The Labute approximate surface area is 92.2 Å². The molecule has 0 spiro atoms. The maximum Gasteiger partial charge on any atom is 0.145 e. The van der Waals surface area contributed by atoms with Crippen LogP contribution < -0.4 is 5.73 Å². The quantitative estimate of drug-likeness (QED) is 0.832. The van der Waals surface area contributed by atoms with E-state index in [9.17, 15) is 4.39 Å². The van der Waals surface area contributed by atoms with E-state index in [1.807, 2.05) is 0 Å². The van der Waals surface area contributed by atoms with Crippen LogP contribution in [0.2, 0.25) is 0 Å². The molecule has 0 aliphatic carbocycles. The van der Waals surface area contributed by atoms with E-state index in [1.165, 1.54) is 12.1 Å². The molecule has 0 bridgehead atoms. The Bertz CT molecular complexity index is 496. The summed E-state index contributed by atoms with van der Waals surface area (Å²) in [6.45, 7) is 0.339. The van der Waals surface area contributed by atoms with Gasteiger partial charge in [0.1, 0.15) is 11.6 Å². The number of methoxy groups -OCH3 is 1. The molecule has 0 fully saturated rings. The fourth-order valence-corrected chi connectivity index (χ4v) is 1.58. The van der Waals surface area contributed by atoms with Gasteiger partial charge in [0, 0.05) is 18.7 Å². The van der Waals surface area contributed by atoms with Crippen LogP contribution in [0.5, 0.6) is 0 Å². The van der Waals surface area contributed by atoms with Crippen LogP contribution in [0.15, 0.2) is 24.3 Å². The summed E-state index contributed by atoms with van der Waals surface area (Å²) >= 11 is 0. The second kappa shape index (κ2) is 4.32. The van der Waals surface area contributed by atoms with Crippen LogP contribution >= 0.6 is 0 Å². The zero-order chi connectivity index (χ0) is 11.5. The molecule has 2 rings (SSSR count). The molecule has 84 valence electrons. The van der Waals surface area contributed by atoms with E-state index in [-0.39, 0.29) is 5.82 Å². The molecule has 0 unspecified atom stereocenters. The smallest absolute Gasteiger partial charge is 0.145 e. The first-order chi connectivity index (χ1) is 7.70. The standard InChI is InChI=1S/C11H12FN3O/c1-16-6-7-4-8(12)2-3-9(7)10-5-11(13)15-14-10/h2-5H,6H2,1H3,(H3,13,14,15). The van der Waals surface area contributed by atoms with Crippen molar-refractivity contribution in [3.05, 3.63) is 35.6 Å². The third-order valence-electron chi connectivity index (χ3n) is 2.25. The van der Waals surface area contributed by atoms with E-state index in [2.05, 4.69) is 10.2 Å². The topological polar surface area (TPSA) is 63.9 Å². The number of aromatic amines is 1. The number of hydrogen-bond donors (Lipinski definition) is 2. The molecule has 0 aliphatic rings. The Morgan fingerprint density at radius 3 is 2.88 bits per heavy atom. The maximum absolute atomic E-state index is 13.1. The third-order valence-corrected chi connectivity index (χ3v) is 2.25. The SMILES string of the molecule is COCc1cc(F)ccc1-c1cc(N)n[nH]1. The van der Waals surface area contributed by atoms with Crippen molar-refractivity contribution >= 4 is 5.82 Å². The predicted octanol–water partition coefficient (Wildman–Crippen LogP) is 1.94.